The molecule has 5 nitrogen and oxygen atoms in total. The van der Waals surface area contributed by atoms with Crippen molar-refractivity contribution in [1.29, 1.82) is 0 Å². The predicted octanol–water partition coefficient (Wildman–Crippen LogP) is 12.2. The quantitative estimate of drug-likeness (QED) is 0.115. The van der Waals surface area contributed by atoms with Crippen molar-refractivity contribution in [3.05, 3.63) is 132 Å². The minimum absolute atomic E-state index is 0. The van der Waals surface area contributed by atoms with Crippen LogP contribution >= 0.6 is 0 Å². The van der Waals surface area contributed by atoms with E-state index in [1.807, 2.05) is 41.2 Å². The summed E-state index contributed by atoms with van der Waals surface area (Å²) in [6.45, 7) is 15.7. The van der Waals surface area contributed by atoms with Crippen LogP contribution < -0.4 is 4.74 Å². The van der Waals surface area contributed by atoms with Crippen molar-refractivity contribution in [2.24, 2.45) is 11.8 Å². The Labute approximate surface area is 323 Å². The monoisotopic (exact) mass is 867 g/mol. The molecule has 2 unspecified atom stereocenters. The first-order valence-electron chi connectivity index (χ1n) is 18.5. The Hall–Kier alpha value is -4.47. The third-order valence-corrected chi connectivity index (χ3v) is 10.0. The van der Waals surface area contributed by atoms with Crippen LogP contribution in [0.2, 0.25) is 0 Å². The van der Waals surface area contributed by atoms with Gasteiger partial charge in [0.25, 0.3) is 0 Å². The molecule has 52 heavy (non-hydrogen) atoms. The number of hydrogen-bond acceptors (Lipinski definition) is 3. The van der Waals surface area contributed by atoms with E-state index in [0.717, 1.165) is 56.9 Å². The van der Waals surface area contributed by atoms with Gasteiger partial charge in [0.15, 0.2) is 0 Å². The molecule has 3 heterocycles. The van der Waals surface area contributed by atoms with Crippen LogP contribution in [0.4, 0.5) is 0 Å². The van der Waals surface area contributed by atoms with Crippen molar-refractivity contribution in [2.45, 2.75) is 80.1 Å². The van der Waals surface area contributed by atoms with Gasteiger partial charge in [-0.3, -0.25) is 4.68 Å². The number of nitrogens with zero attached hydrogens (tertiary/aromatic N) is 4. The number of ether oxygens (including phenoxy) is 1. The minimum Gasteiger partial charge on any atom is -0.509 e. The van der Waals surface area contributed by atoms with Crippen LogP contribution in [-0.4, -0.2) is 19.3 Å². The van der Waals surface area contributed by atoms with Gasteiger partial charge in [-0.1, -0.05) is 95.4 Å². The third-order valence-electron chi connectivity index (χ3n) is 10.0. The minimum atomic E-state index is 0. The maximum Gasteiger partial charge on any atom is 2.00 e. The molecule has 3 aromatic heterocycles. The van der Waals surface area contributed by atoms with Gasteiger partial charge in [0.2, 0.25) is 0 Å². The fraction of sp³-hybridized carbons (Fsp3) is 0.304. The summed E-state index contributed by atoms with van der Waals surface area (Å²) in [4.78, 5) is 4.89. The Morgan fingerprint density at radius 1 is 0.808 bits per heavy atom. The molecule has 2 atom stereocenters. The topological polar surface area (TPSA) is 44.9 Å². The first-order chi connectivity index (χ1) is 24.7. The molecule has 4 aromatic carbocycles. The Morgan fingerprint density at radius 3 is 2.37 bits per heavy atom. The smallest absolute Gasteiger partial charge is 0.509 e. The van der Waals surface area contributed by atoms with E-state index in [-0.39, 0.29) is 21.1 Å². The molecule has 0 aliphatic carbocycles. The Balaban J connectivity index is 0.00000464. The Bertz CT molecular complexity index is 2300. The van der Waals surface area contributed by atoms with E-state index in [2.05, 4.69) is 126 Å². The van der Waals surface area contributed by atoms with E-state index in [1.54, 1.807) is 0 Å². The standard InChI is InChI=1S/C46H48N4O.Pt/c1-8-13-31(4)25-32(5)37-18-21-43-42(27-37)41-20-19-40(29-44(41)49(43)45-26-35(22-23-47-45)24-30(2)3)51-39-17-12-16-38(28-39)50-34(7)46(33(6)48-50)36-14-10-9-11-15-36;/h9-12,14-23,26-27,30-32H,8,13,24-25H2,1-7H3;/q-2;+2. The van der Waals surface area contributed by atoms with Gasteiger partial charge < -0.3 is 9.30 Å². The summed E-state index contributed by atoms with van der Waals surface area (Å²) in [7, 11) is 0. The molecular weight excluding hydrogens is 820 g/mol. The van der Waals surface area contributed by atoms with Crippen molar-refractivity contribution in [3.8, 4) is 34.1 Å². The molecule has 6 heteroatoms. The molecule has 0 radical (unpaired) electrons. The molecule has 0 saturated heterocycles. The van der Waals surface area contributed by atoms with Crippen molar-refractivity contribution in [1.82, 2.24) is 19.3 Å². The average Bonchev–Trinajstić information content (AvgIpc) is 3.60. The van der Waals surface area contributed by atoms with E-state index >= 15 is 0 Å². The summed E-state index contributed by atoms with van der Waals surface area (Å²) in [5, 5.41) is 7.24. The number of fused-ring (bicyclic) bond motifs is 3. The number of pyridine rings is 1. The molecule has 0 spiro atoms. The van der Waals surface area contributed by atoms with Gasteiger partial charge in [-0.15, -0.1) is 35.7 Å². The van der Waals surface area contributed by atoms with Crippen LogP contribution in [0, 0.1) is 37.8 Å². The molecule has 7 rings (SSSR count). The zero-order valence-electron chi connectivity index (χ0n) is 31.3. The summed E-state index contributed by atoms with van der Waals surface area (Å²) >= 11 is 0. The maximum atomic E-state index is 6.52. The zero-order valence-corrected chi connectivity index (χ0v) is 33.6. The number of hydrogen-bond donors (Lipinski definition) is 0. The second-order valence-electron chi connectivity index (χ2n) is 14.7. The molecule has 0 bridgehead atoms. The van der Waals surface area contributed by atoms with Crippen LogP contribution in [0.3, 0.4) is 0 Å². The first kappa shape index (κ1) is 37.3. The van der Waals surface area contributed by atoms with Crippen molar-refractivity contribution in [3.63, 3.8) is 0 Å². The van der Waals surface area contributed by atoms with Crippen LogP contribution in [0.25, 0.3) is 44.4 Å². The SMILES string of the molecule is CCCC(C)CC(C)c1ccc2c(c1)c1ccc(Oc3[c-]c(-n4nc(C)c(-c5ccccc5)c4C)ccc3)[c-]c1n2-c1cc(CC(C)C)ccn1.[Pt+2]. The molecular formula is C46H48N4OPt. The van der Waals surface area contributed by atoms with E-state index in [9.17, 15) is 0 Å². The van der Waals surface area contributed by atoms with E-state index in [0.29, 0.717) is 29.3 Å². The number of rotatable bonds is 12. The summed E-state index contributed by atoms with van der Waals surface area (Å²) in [6.07, 6.45) is 6.60. The summed E-state index contributed by atoms with van der Waals surface area (Å²) < 4.78 is 10.7. The summed E-state index contributed by atoms with van der Waals surface area (Å²) in [5.74, 6) is 3.85. The van der Waals surface area contributed by atoms with Crippen LogP contribution in [-0.2, 0) is 27.5 Å². The van der Waals surface area contributed by atoms with Crippen molar-refractivity contribution in [2.75, 3.05) is 0 Å². The first-order valence-corrected chi connectivity index (χ1v) is 18.5. The van der Waals surface area contributed by atoms with Crippen LogP contribution in [0.15, 0.2) is 97.2 Å². The van der Waals surface area contributed by atoms with Gasteiger partial charge in [0.05, 0.1) is 5.69 Å². The molecule has 0 fully saturated rings. The number of benzene rings is 4. The third kappa shape index (κ3) is 7.66. The molecule has 0 aliphatic heterocycles. The molecule has 0 saturated carbocycles. The fourth-order valence-corrected chi connectivity index (χ4v) is 7.72. The normalized spacial score (nSPS) is 12.7. The summed E-state index contributed by atoms with van der Waals surface area (Å²) in [6, 6.07) is 39.0. The van der Waals surface area contributed by atoms with E-state index in [4.69, 9.17) is 14.8 Å². The predicted molar refractivity (Wildman–Crippen MR) is 210 cm³/mol. The van der Waals surface area contributed by atoms with Gasteiger partial charge in [-0.25, -0.2) is 4.98 Å². The fourth-order valence-electron chi connectivity index (χ4n) is 7.72. The number of aromatic nitrogens is 4. The van der Waals surface area contributed by atoms with E-state index < -0.39 is 0 Å². The van der Waals surface area contributed by atoms with Crippen LogP contribution in [0.5, 0.6) is 11.5 Å². The Morgan fingerprint density at radius 2 is 1.60 bits per heavy atom. The summed E-state index contributed by atoms with van der Waals surface area (Å²) in [5.41, 5.74) is 9.87. The van der Waals surface area contributed by atoms with Crippen LogP contribution in [0.1, 0.15) is 82.3 Å². The molecule has 7 aromatic rings. The molecule has 0 amide bonds. The van der Waals surface area contributed by atoms with Gasteiger partial charge in [0, 0.05) is 34.5 Å². The average molecular weight is 868 g/mol. The van der Waals surface area contributed by atoms with Gasteiger partial charge in [0.1, 0.15) is 5.82 Å². The van der Waals surface area contributed by atoms with E-state index in [1.165, 1.54) is 35.8 Å². The second kappa shape index (κ2) is 16.0. The molecule has 0 aliphatic rings. The Kier molecular flexibility index (Phi) is 11.5. The van der Waals surface area contributed by atoms with Gasteiger partial charge in [-0.05, 0) is 90.4 Å². The number of aryl methyl sites for hydroxylation is 1. The molecule has 268 valence electrons. The van der Waals surface area contributed by atoms with Crippen molar-refractivity contribution >= 4 is 21.8 Å². The van der Waals surface area contributed by atoms with Gasteiger partial charge in [-0.2, -0.15) is 17.2 Å². The maximum absolute atomic E-state index is 6.52. The molecule has 0 N–H and O–H groups in total. The largest absolute Gasteiger partial charge is 2.00 e. The van der Waals surface area contributed by atoms with Crippen molar-refractivity contribution < 1.29 is 25.8 Å². The second-order valence-corrected chi connectivity index (χ2v) is 14.7. The van der Waals surface area contributed by atoms with Gasteiger partial charge >= 0.3 is 21.1 Å². The zero-order chi connectivity index (χ0) is 35.6.